The van der Waals surface area contributed by atoms with Crippen molar-refractivity contribution in [2.45, 2.75) is 13.0 Å². The van der Waals surface area contributed by atoms with Gasteiger partial charge in [-0.25, -0.2) is 0 Å². The average Bonchev–Trinajstić information content (AvgIpc) is 2.47. The van der Waals surface area contributed by atoms with Crippen LogP contribution in [0.25, 0.3) is 0 Å². The molecule has 0 heterocycles. The third kappa shape index (κ3) is 3.16. The minimum absolute atomic E-state index is 0.137. The van der Waals surface area contributed by atoms with E-state index in [2.05, 4.69) is 5.32 Å². The molecule has 0 aliphatic heterocycles. The van der Waals surface area contributed by atoms with Gasteiger partial charge in [0.1, 0.15) is 5.75 Å². The molecule has 1 unspecified atom stereocenters. The first-order chi connectivity index (χ1) is 9.61. The third-order valence-corrected chi connectivity index (χ3v) is 3.05. The summed E-state index contributed by atoms with van der Waals surface area (Å²) in [6.07, 6.45) is 0. The van der Waals surface area contributed by atoms with Gasteiger partial charge in [0.25, 0.3) is 5.91 Å². The maximum absolute atomic E-state index is 12.2. The number of carbonyl (C=O) groups is 1. The van der Waals surface area contributed by atoms with Crippen LogP contribution in [0.2, 0.25) is 0 Å². The molecule has 1 atom stereocenters. The minimum atomic E-state index is -0.166. The molecule has 2 rings (SSSR count). The molecule has 104 valence electrons. The minimum Gasteiger partial charge on any atom is -0.497 e. The predicted octanol–water partition coefficient (Wildman–Crippen LogP) is 2.97. The van der Waals surface area contributed by atoms with Crippen molar-refractivity contribution in [2.75, 3.05) is 12.4 Å². The van der Waals surface area contributed by atoms with Crippen LogP contribution >= 0.6 is 0 Å². The first kappa shape index (κ1) is 14.1. The van der Waals surface area contributed by atoms with Crippen LogP contribution < -0.4 is 15.8 Å². The van der Waals surface area contributed by atoms with E-state index in [0.717, 1.165) is 17.0 Å². The Labute approximate surface area is 118 Å². The fraction of sp³-hybridized carbons (Fsp3) is 0.188. The van der Waals surface area contributed by atoms with Crippen LogP contribution in [-0.4, -0.2) is 13.0 Å². The molecule has 20 heavy (non-hydrogen) atoms. The Hall–Kier alpha value is -2.33. The number of carbonyl (C=O) groups excluding carboxylic acids is 1. The van der Waals surface area contributed by atoms with Crippen molar-refractivity contribution in [1.29, 1.82) is 0 Å². The lowest BCUT2D eigenvalue weighted by Gasteiger charge is -2.13. The number of benzene rings is 2. The second-order valence-corrected chi connectivity index (χ2v) is 4.56. The fourth-order valence-corrected chi connectivity index (χ4v) is 1.94. The number of ether oxygens (including phenoxy) is 1. The summed E-state index contributed by atoms with van der Waals surface area (Å²) in [6, 6.07) is 14.4. The highest BCUT2D eigenvalue weighted by atomic mass is 16.5. The Kier molecular flexibility index (Phi) is 4.38. The van der Waals surface area contributed by atoms with Crippen LogP contribution in [0.5, 0.6) is 5.75 Å². The zero-order chi connectivity index (χ0) is 14.5. The molecule has 1 amide bonds. The fourth-order valence-electron chi connectivity index (χ4n) is 1.94. The highest BCUT2D eigenvalue weighted by Crippen LogP contribution is 2.21. The number of nitrogens with two attached hydrogens (primary N) is 1. The van der Waals surface area contributed by atoms with Crippen LogP contribution in [0, 0.1) is 0 Å². The van der Waals surface area contributed by atoms with Crippen LogP contribution in [-0.2, 0) is 0 Å². The van der Waals surface area contributed by atoms with E-state index in [1.165, 1.54) is 0 Å². The summed E-state index contributed by atoms with van der Waals surface area (Å²) in [4.78, 5) is 12.2. The lowest BCUT2D eigenvalue weighted by Crippen LogP contribution is -2.15. The SMILES string of the molecule is COc1ccc(C(=O)Nc2ccccc2C(C)N)cc1. The van der Waals surface area contributed by atoms with E-state index in [1.54, 1.807) is 31.4 Å². The lowest BCUT2D eigenvalue weighted by atomic mass is 10.1. The highest BCUT2D eigenvalue weighted by Gasteiger charge is 2.10. The van der Waals surface area contributed by atoms with Gasteiger partial charge in [-0.1, -0.05) is 18.2 Å². The van der Waals surface area contributed by atoms with Gasteiger partial charge in [-0.15, -0.1) is 0 Å². The molecular weight excluding hydrogens is 252 g/mol. The normalized spacial score (nSPS) is 11.8. The average molecular weight is 270 g/mol. The molecule has 3 N–H and O–H groups in total. The van der Waals surface area contributed by atoms with Gasteiger partial charge in [0, 0.05) is 17.3 Å². The number of para-hydroxylation sites is 1. The maximum atomic E-state index is 12.2. The maximum Gasteiger partial charge on any atom is 0.255 e. The van der Waals surface area contributed by atoms with Gasteiger partial charge in [-0.2, -0.15) is 0 Å². The number of rotatable bonds is 4. The van der Waals surface area contributed by atoms with Crippen molar-refractivity contribution in [3.63, 3.8) is 0 Å². The first-order valence-corrected chi connectivity index (χ1v) is 6.41. The van der Waals surface area contributed by atoms with Gasteiger partial charge in [-0.3, -0.25) is 4.79 Å². The topological polar surface area (TPSA) is 64.3 Å². The summed E-state index contributed by atoms with van der Waals surface area (Å²) in [5, 5.41) is 2.89. The number of methoxy groups -OCH3 is 1. The molecule has 0 bridgehead atoms. The molecule has 0 aliphatic rings. The van der Waals surface area contributed by atoms with E-state index in [4.69, 9.17) is 10.5 Å². The quantitative estimate of drug-likeness (QED) is 0.897. The molecule has 0 saturated heterocycles. The van der Waals surface area contributed by atoms with Crippen LogP contribution in [0.15, 0.2) is 48.5 Å². The largest absolute Gasteiger partial charge is 0.497 e. The van der Waals surface area contributed by atoms with Crippen LogP contribution in [0.4, 0.5) is 5.69 Å². The Bertz CT molecular complexity index is 592. The van der Waals surface area contributed by atoms with E-state index < -0.39 is 0 Å². The van der Waals surface area contributed by atoms with E-state index >= 15 is 0 Å². The van der Waals surface area contributed by atoms with Crippen molar-refractivity contribution in [3.8, 4) is 5.75 Å². The van der Waals surface area contributed by atoms with Gasteiger partial charge < -0.3 is 15.8 Å². The van der Waals surface area contributed by atoms with Gasteiger partial charge in [-0.05, 0) is 42.8 Å². The molecule has 2 aromatic rings. The summed E-state index contributed by atoms with van der Waals surface area (Å²) < 4.78 is 5.07. The Balaban J connectivity index is 2.19. The van der Waals surface area contributed by atoms with E-state index in [1.807, 2.05) is 31.2 Å². The zero-order valence-corrected chi connectivity index (χ0v) is 11.6. The number of nitrogens with one attached hydrogen (secondary N) is 1. The molecule has 0 saturated carbocycles. The van der Waals surface area contributed by atoms with Gasteiger partial charge in [0.2, 0.25) is 0 Å². The highest BCUT2D eigenvalue weighted by molar-refractivity contribution is 6.04. The standard InChI is InChI=1S/C16H18N2O2/c1-11(17)14-5-3-4-6-15(14)18-16(19)12-7-9-13(20-2)10-8-12/h3-11H,17H2,1-2H3,(H,18,19). The lowest BCUT2D eigenvalue weighted by molar-refractivity contribution is 0.102. The first-order valence-electron chi connectivity index (χ1n) is 6.41. The smallest absolute Gasteiger partial charge is 0.255 e. The Morgan fingerprint density at radius 3 is 2.40 bits per heavy atom. The Morgan fingerprint density at radius 1 is 1.15 bits per heavy atom. The third-order valence-electron chi connectivity index (χ3n) is 3.05. The van der Waals surface area contributed by atoms with Crippen molar-refractivity contribution >= 4 is 11.6 Å². The molecular formula is C16H18N2O2. The van der Waals surface area contributed by atoms with Crippen molar-refractivity contribution in [1.82, 2.24) is 0 Å². The number of hydrogen-bond donors (Lipinski definition) is 2. The number of hydrogen-bond acceptors (Lipinski definition) is 3. The summed E-state index contributed by atoms with van der Waals surface area (Å²) in [5.74, 6) is 0.554. The molecule has 2 aromatic carbocycles. The number of anilines is 1. The molecule has 0 fully saturated rings. The van der Waals surface area contributed by atoms with Gasteiger partial charge in [0.15, 0.2) is 0 Å². The molecule has 0 aliphatic carbocycles. The molecule has 0 aromatic heterocycles. The van der Waals surface area contributed by atoms with Crippen molar-refractivity contribution in [2.24, 2.45) is 5.73 Å². The Morgan fingerprint density at radius 2 is 1.80 bits per heavy atom. The molecule has 0 radical (unpaired) electrons. The summed E-state index contributed by atoms with van der Waals surface area (Å²) >= 11 is 0. The van der Waals surface area contributed by atoms with Crippen molar-refractivity contribution in [3.05, 3.63) is 59.7 Å². The summed E-state index contributed by atoms with van der Waals surface area (Å²) in [7, 11) is 1.59. The van der Waals surface area contributed by atoms with Crippen LogP contribution in [0.3, 0.4) is 0 Å². The second-order valence-electron chi connectivity index (χ2n) is 4.56. The summed E-state index contributed by atoms with van der Waals surface area (Å²) in [5.41, 5.74) is 8.12. The molecule has 4 nitrogen and oxygen atoms in total. The summed E-state index contributed by atoms with van der Waals surface area (Å²) in [6.45, 7) is 1.89. The zero-order valence-electron chi connectivity index (χ0n) is 11.6. The number of amides is 1. The van der Waals surface area contributed by atoms with E-state index in [0.29, 0.717) is 5.56 Å². The van der Waals surface area contributed by atoms with E-state index in [-0.39, 0.29) is 11.9 Å². The predicted molar refractivity (Wildman–Crippen MR) is 80.0 cm³/mol. The molecule has 4 heteroatoms. The van der Waals surface area contributed by atoms with Crippen molar-refractivity contribution < 1.29 is 9.53 Å². The molecule has 0 spiro atoms. The van der Waals surface area contributed by atoms with Gasteiger partial charge >= 0.3 is 0 Å². The van der Waals surface area contributed by atoms with Crippen LogP contribution in [0.1, 0.15) is 28.9 Å². The monoisotopic (exact) mass is 270 g/mol. The van der Waals surface area contributed by atoms with Gasteiger partial charge in [0.05, 0.1) is 7.11 Å². The van der Waals surface area contributed by atoms with E-state index in [9.17, 15) is 4.79 Å². The second kappa shape index (κ2) is 6.21.